The standard InChI is InChI=1S/C28H26N4O4S/c1-16-15-18(36-17-7-3-2-4-8-17)11-12-20(16)32-21-13-14-29-27-23(21)24(31-28(32)35)25(37-27)26(34)30-19-9-5-6-10-22(19)33/h2-4,7-8,11-15,19,24-25H,5-6,9-10H2,1H3,(H,30,34)(H,31,35). The van der Waals surface area contributed by atoms with E-state index in [-0.39, 0.29) is 17.7 Å². The fourth-order valence-electron chi connectivity index (χ4n) is 5.22. The van der Waals surface area contributed by atoms with Crippen LogP contribution < -0.4 is 20.3 Å². The minimum absolute atomic E-state index is 0.0768. The van der Waals surface area contributed by atoms with Gasteiger partial charge in [0.2, 0.25) is 5.91 Å². The maximum Gasteiger partial charge on any atom is 0.327 e. The second-order valence-corrected chi connectivity index (χ2v) is 10.6. The van der Waals surface area contributed by atoms with Crippen LogP contribution in [-0.2, 0) is 9.59 Å². The minimum atomic E-state index is -0.591. The van der Waals surface area contributed by atoms with Gasteiger partial charge in [0.1, 0.15) is 21.8 Å². The lowest BCUT2D eigenvalue weighted by Gasteiger charge is -2.35. The summed E-state index contributed by atoms with van der Waals surface area (Å²) in [6.45, 7) is 1.93. The van der Waals surface area contributed by atoms with E-state index in [1.54, 1.807) is 11.1 Å². The third-order valence-corrected chi connectivity index (χ3v) is 8.31. The fraction of sp³-hybridized carbons (Fsp3) is 0.286. The van der Waals surface area contributed by atoms with Crippen LogP contribution in [0.1, 0.15) is 42.9 Å². The Kier molecular flexibility index (Phi) is 6.08. The Morgan fingerprint density at radius 2 is 1.92 bits per heavy atom. The van der Waals surface area contributed by atoms with E-state index in [0.717, 1.165) is 35.4 Å². The largest absolute Gasteiger partial charge is 0.457 e. The van der Waals surface area contributed by atoms with Crippen LogP contribution in [-0.4, -0.2) is 34.0 Å². The maximum absolute atomic E-state index is 13.5. The molecule has 6 rings (SSSR count). The minimum Gasteiger partial charge on any atom is -0.457 e. The zero-order valence-corrected chi connectivity index (χ0v) is 21.1. The van der Waals surface area contributed by atoms with E-state index in [4.69, 9.17) is 4.74 Å². The maximum atomic E-state index is 13.5. The zero-order chi connectivity index (χ0) is 25.5. The predicted molar refractivity (Wildman–Crippen MR) is 140 cm³/mol. The first-order valence-electron chi connectivity index (χ1n) is 12.4. The molecular weight excluding hydrogens is 488 g/mol. The molecule has 0 saturated heterocycles. The molecule has 1 aromatic heterocycles. The molecule has 3 atom stereocenters. The van der Waals surface area contributed by atoms with Crippen LogP contribution in [0.4, 0.5) is 16.2 Å². The Hall–Kier alpha value is -3.85. The molecule has 3 unspecified atom stereocenters. The summed E-state index contributed by atoms with van der Waals surface area (Å²) in [5.41, 5.74) is 3.11. The molecule has 0 radical (unpaired) electrons. The molecule has 37 heavy (non-hydrogen) atoms. The summed E-state index contributed by atoms with van der Waals surface area (Å²) in [6, 6.07) is 15.6. The lowest BCUT2D eigenvalue weighted by Crippen LogP contribution is -2.51. The molecule has 3 aliphatic rings. The van der Waals surface area contributed by atoms with E-state index in [0.29, 0.717) is 29.3 Å². The van der Waals surface area contributed by atoms with Crippen LogP contribution in [0.5, 0.6) is 11.5 Å². The number of carbonyl (C=O) groups is 3. The number of hydrogen-bond donors (Lipinski definition) is 2. The molecule has 1 saturated carbocycles. The van der Waals surface area contributed by atoms with Gasteiger partial charge in [-0.15, -0.1) is 0 Å². The molecule has 9 heteroatoms. The summed E-state index contributed by atoms with van der Waals surface area (Å²) in [5.74, 6) is 1.24. The molecule has 0 bridgehead atoms. The highest BCUT2D eigenvalue weighted by Crippen LogP contribution is 2.51. The molecule has 188 valence electrons. The van der Waals surface area contributed by atoms with Crippen molar-refractivity contribution in [1.82, 2.24) is 15.6 Å². The summed E-state index contributed by atoms with van der Waals surface area (Å²) in [4.78, 5) is 45.1. The van der Waals surface area contributed by atoms with E-state index >= 15 is 0 Å². The number of ether oxygens (including phenoxy) is 1. The number of nitrogens with zero attached hydrogens (tertiary/aromatic N) is 2. The van der Waals surface area contributed by atoms with Gasteiger partial charge >= 0.3 is 6.03 Å². The van der Waals surface area contributed by atoms with Crippen LogP contribution in [0, 0.1) is 6.92 Å². The van der Waals surface area contributed by atoms with Crippen molar-refractivity contribution < 1.29 is 19.1 Å². The molecule has 3 aromatic rings. The molecule has 1 fully saturated rings. The van der Waals surface area contributed by atoms with Crippen LogP contribution in [0.25, 0.3) is 0 Å². The highest BCUT2D eigenvalue weighted by atomic mass is 32.2. The summed E-state index contributed by atoms with van der Waals surface area (Å²) in [7, 11) is 0. The summed E-state index contributed by atoms with van der Waals surface area (Å²) in [6.07, 6.45) is 4.61. The van der Waals surface area contributed by atoms with Gasteiger partial charge in [0, 0.05) is 18.2 Å². The van der Waals surface area contributed by atoms with Gasteiger partial charge in [0.05, 0.1) is 23.5 Å². The molecule has 3 amide bonds. The lowest BCUT2D eigenvalue weighted by molar-refractivity contribution is -0.128. The number of para-hydroxylation sites is 1. The van der Waals surface area contributed by atoms with Gasteiger partial charge in [-0.25, -0.2) is 9.78 Å². The van der Waals surface area contributed by atoms with Crippen LogP contribution in [0.15, 0.2) is 65.8 Å². The number of anilines is 2. The van der Waals surface area contributed by atoms with Gasteiger partial charge in [-0.1, -0.05) is 36.4 Å². The van der Waals surface area contributed by atoms with Crippen LogP contribution >= 0.6 is 11.8 Å². The molecular formula is C28H26N4O4S. The number of aryl methyl sites for hydroxylation is 1. The summed E-state index contributed by atoms with van der Waals surface area (Å²) < 4.78 is 5.95. The zero-order valence-electron chi connectivity index (χ0n) is 20.3. The van der Waals surface area contributed by atoms with Crippen molar-refractivity contribution in [1.29, 1.82) is 0 Å². The average molecular weight is 515 g/mol. The van der Waals surface area contributed by atoms with E-state index in [1.165, 1.54) is 11.8 Å². The number of Topliss-reactive ketones (excluding diaryl/α,β-unsaturated/α-hetero) is 1. The van der Waals surface area contributed by atoms with E-state index in [9.17, 15) is 14.4 Å². The Morgan fingerprint density at radius 3 is 2.70 bits per heavy atom. The van der Waals surface area contributed by atoms with Crippen LogP contribution in [0.2, 0.25) is 0 Å². The Balaban J connectivity index is 1.27. The molecule has 2 N–H and O–H groups in total. The molecule has 2 aliphatic heterocycles. The third-order valence-electron chi connectivity index (χ3n) is 7.02. The highest BCUT2D eigenvalue weighted by Gasteiger charge is 2.47. The normalized spacial score (nSPS) is 22.3. The third kappa shape index (κ3) is 4.33. The smallest absolute Gasteiger partial charge is 0.327 e. The lowest BCUT2D eigenvalue weighted by atomic mass is 9.93. The van der Waals surface area contributed by atoms with Crippen molar-refractivity contribution >= 4 is 40.9 Å². The van der Waals surface area contributed by atoms with Crippen molar-refractivity contribution in [2.24, 2.45) is 0 Å². The van der Waals surface area contributed by atoms with Gasteiger partial charge < -0.3 is 15.4 Å². The number of hydrogen-bond acceptors (Lipinski definition) is 6. The Labute approximate surface area is 218 Å². The Bertz CT molecular complexity index is 1400. The Morgan fingerprint density at radius 1 is 1.08 bits per heavy atom. The van der Waals surface area contributed by atoms with Gasteiger partial charge in [-0.2, -0.15) is 0 Å². The number of pyridine rings is 1. The van der Waals surface area contributed by atoms with Gasteiger partial charge in [-0.3, -0.25) is 14.5 Å². The van der Waals surface area contributed by atoms with Crippen LogP contribution in [0.3, 0.4) is 0 Å². The first kappa shape index (κ1) is 23.5. The van der Waals surface area contributed by atoms with Crippen molar-refractivity contribution in [3.63, 3.8) is 0 Å². The second-order valence-electron chi connectivity index (χ2n) is 9.49. The van der Waals surface area contributed by atoms with Gasteiger partial charge in [-0.05, 0) is 61.7 Å². The molecule has 0 spiro atoms. The topological polar surface area (TPSA) is 101 Å². The van der Waals surface area contributed by atoms with E-state index in [2.05, 4.69) is 15.6 Å². The van der Waals surface area contributed by atoms with Gasteiger partial charge in [0.15, 0.2) is 5.78 Å². The number of amides is 3. The van der Waals surface area contributed by atoms with Crippen molar-refractivity contribution in [3.05, 3.63) is 71.9 Å². The number of benzene rings is 2. The first-order chi connectivity index (χ1) is 18.0. The number of carbonyl (C=O) groups excluding carboxylic acids is 3. The van der Waals surface area contributed by atoms with Gasteiger partial charge in [0.25, 0.3) is 0 Å². The van der Waals surface area contributed by atoms with Crippen molar-refractivity contribution in [2.75, 3.05) is 4.90 Å². The molecule has 3 heterocycles. The van der Waals surface area contributed by atoms with Crippen molar-refractivity contribution in [2.45, 2.75) is 55.0 Å². The molecule has 1 aliphatic carbocycles. The second kappa shape index (κ2) is 9.55. The fourth-order valence-corrected chi connectivity index (χ4v) is 6.46. The van der Waals surface area contributed by atoms with E-state index in [1.807, 2.05) is 61.5 Å². The number of ketones is 1. The quantitative estimate of drug-likeness (QED) is 0.486. The number of nitrogens with one attached hydrogen (secondary N) is 2. The monoisotopic (exact) mass is 514 g/mol. The average Bonchev–Trinajstić information content (AvgIpc) is 3.26. The predicted octanol–water partition coefficient (Wildman–Crippen LogP) is 5.19. The summed E-state index contributed by atoms with van der Waals surface area (Å²) in [5, 5.41) is 6.09. The number of aromatic nitrogens is 1. The number of urea groups is 1. The SMILES string of the molecule is Cc1cc(Oc2ccccc2)ccc1N1C(=O)NC2c3c1ccnc3SC2C(=O)NC1CCCCC1=O. The number of thioether (sulfide) groups is 1. The molecule has 2 aromatic carbocycles. The first-order valence-corrected chi connectivity index (χ1v) is 13.3. The van der Waals surface area contributed by atoms with E-state index < -0.39 is 17.3 Å². The number of rotatable bonds is 5. The summed E-state index contributed by atoms with van der Waals surface area (Å²) >= 11 is 1.33. The molecule has 8 nitrogen and oxygen atoms in total. The van der Waals surface area contributed by atoms with Crippen molar-refractivity contribution in [3.8, 4) is 11.5 Å². The highest BCUT2D eigenvalue weighted by molar-refractivity contribution is 8.01.